The van der Waals surface area contributed by atoms with Gasteiger partial charge < -0.3 is 15.6 Å². The topological polar surface area (TPSA) is 72.9 Å². The van der Waals surface area contributed by atoms with E-state index in [0.717, 1.165) is 6.07 Å². The normalized spacial score (nSPS) is 11.4. The Morgan fingerprint density at radius 2 is 2.10 bits per heavy atom. The highest BCUT2D eigenvalue weighted by atomic mass is 19.4. The van der Waals surface area contributed by atoms with E-state index < -0.39 is 17.8 Å². The van der Waals surface area contributed by atoms with Crippen LogP contribution >= 0.6 is 0 Å². The molecule has 3 N–H and O–H groups in total. The Labute approximate surface area is 112 Å². The first kappa shape index (κ1) is 13.9. The second-order valence-electron chi connectivity index (χ2n) is 4.06. The minimum atomic E-state index is -4.57. The predicted molar refractivity (Wildman–Crippen MR) is 66.5 cm³/mol. The highest BCUT2D eigenvalue weighted by molar-refractivity contribution is 5.88. The Morgan fingerprint density at radius 3 is 2.60 bits per heavy atom. The summed E-state index contributed by atoms with van der Waals surface area (Å²) in [4.78, 5) is 14.6. The van der Waals surface area contributed by atoms with Crippen LogP contribution in [0.5, 0.6) is 0 Å². The number of halogens is 3. The van der Waals surface area contributed by atoms with Crippen LogP contribution in [0, 0.1) is 6.92 Å². The van der Waals surface area contributed by atoms with E-state index in [1.165, 1.54) is 29.1 Å². The summed E-state index contributed by atoms with van der Waals surface area (Å²) in [6, 6.07) is 2.50. The van der Waals surface area contributed by atoms with Gasteiger partial charge in [-0.25, -0.2) is 9.78 Å². The maximum atomic E-state index is 13.1. The molecule has 0 unspecified atom stereocenters. The highest BCUT2D eigenvalue weighted by Gasteiger charge is 2.34. The van der Waals surface area contributed by atoms with Gasteiger partial charge in [0.15, 0.2) is 0 Å². The van der Waals surface area contributed by atoms with E-state index in [0.29, 0.717) is 5.82 Å². The number of nitrogens with two attached hydrogens (primary N) is 1. The molecule has 0 spiro atoms. The van der Waals surface area contributed by atoms with Crippen LogP contribution in [0.15, 0.2) is 30.6 Å². The molecule has 0 aliphatic carbocycles. The van der Waals surface area contributed by atoms with Crippen LogP contribution in [0.1, 0.15) is 11.4 Å². The zero-order valence-corrected chi connectivity index (χ0v) is 10.4. The van der Waals surface area contributed by atoms with E-state index in [4.69, 9.17) is 5.73 Å². The fourth-order valence-electron chi connectivity index (χ4n) is 1.83. The number of hydrogen-bond acceptors (Lipinski definition) is 2. The van der Waals surface area contributed by atoms with E-state index in [-0.39, 0.29) is 11.4 Å². The Bertz CT molecular complexity index is 648. The zero-order valence-electron chi connectivity index (χ0n) is 10.4. The summed E-state index contributed by atoms with van der Waals surface area (Å²) < 4.78 is 40.7. The summed E-state index contributed by atoms with van der Waals surface area (Å²) in [6.45, 7) is 1.59. The van der Waals surface area contributed by atoms with Crippen molar-refractivity contribution in [2.45, 2.75) is 13.1 Å². The number of rotatable bonds is 2. The van der Waals surface area contributed by atoms with E-state index in [1.54, 1.807) is 6.92 Å². The highest BCUT2D eigenvalue weighted by Crippen LogP contribution is 2.35. The summed E-state index contributed by atoms with van der Waals surface area (Å²) in [5, 5.41) is 2.12. The summed E-state index contributed by atoms with van der Waals surface area (Å²) in [5.74, 6) is 0.422. The van der Waals surface area contributed by atoms with E-state index in [9.17, 15) is 18.0 Å². The van der Waals surface area contributed by atoms with Crippen LogP contribution in [0.4, 0.5) is 23.7 Å². The molecule has 1 heterocycles. The number of benzene rings is 1. The minimum absolute atomic E-state index is 0.0219. The summed E-state index contributed by atoms with van der Waals surface area (Å²) in [5.41, 5.74) is 3.92. The third-order valence-electron chi connectivity index (χ3n) is 2.65. The lowest BCUT2D eigenvalue weighted by molar-refractivity contribution is -0.137. The summed E-state index contributed by atoms with van der Waals surface area (Å²) >= 11 is 0. The first-order valence-electron chi connectivity index (χ1n) is 5.57. The van der Waals surface area contributed by atoms with Gasteiger partial charge in [0.05, 0.1) is 11.3 Å². The molecule has 0 radical (unpaired) electrons. The van der Waals surface area contributed by atoms with Gasteiger partial charge in [0.25, 0.3) is 0 Å². The first-order chi connectivity index (χ1) is 9.29. The van der Waals surface area contributed by atoms with Gasteiger partial charge in [0.2, 0.25) is 0 Å². The molecule has 0 bridgehead atoms. The number of urea groups is 1. The van der Waals surface area contributed by atoms with Crippen molar-refractivity contribution >= 4 is 11.7 Å². The number of hydrogen-bond donors (Lipinski definition) is 2. The predicted octanol–water partition coefficient (Wildman–Crippen LogP) is 2.69. The fourth-order valence-corrected chi connectivity index (χ4v) is 1.83. The summed E-state index contributed by atoms with van der Waals surface area (Å²) in [7, 11) is 0. The van der Waals surface area contributed by atoms with Crippen molar-refractivity contribution in [2.75, 3.05) is 5.32 Å². The van der Waals surface area contributed by atoms with Crippen molar-refractivity contribution in [3.8, 4) is 5.69 Å². The number of primary amides is 1. The second-order valence-corrected chi connectivity index (χ2v) is 4.06. The van der Waals surface area contributed by atoms with Crippen LogP contribution in [-0.4, -0.2) is 15.6 Å². The smallest absolute Gasteiger partial charge is 0.351 e. The number of alkyl halides is 3. The molecule has 0 fully saturated rings. The molecule has 0 saturated carbocycles. The molecule has 1 aromatic carbocycles. The molecule has 20 heavy (non-hydrogen) atoms. The van der Waals surface area contributed by atoms with Crippen LogP contribution in [0.25, 0.3) is 5.69 Å². The molecule has 8 heteroatoms. The maximum Gasteiger partial charge on any atom is 0.418 e. The number of carbonyl (C=O) groups is 1. The number of amides is 2. The third-order valence-corrected chi connectivity index (χ3v) is 2.65. The average molecular weight is 284 g/mol. The van der Waals surface area contributed by atoms with Gasteiger partial charge in [-0.15, -0.1) is 0 Å². The lowest BCUT2D eigenvalue weighted by Gasteiger charge is -2.16. The zero-order chi connectivity index (χ0) is 14.9. The van der Waals surface area contributed by atoms with Gasteiger partial charge in [-0.2, -0.15) is 13.2 Å². The molecule has 0 aliphatic rings. The molecular formula is C12H11F3N4O. The Morgan fingerprint density at radius 1 is 1.40 bits per heavy atom. The number of nitrogens with zero attached hydrogens (tertiary/aromatic N) is 2. The summed E-state index contributed by atoms with van der Waals surface area (Å²) in [6.07, 6.45) is -1.73. The van der Waals surface area contributed by atoms with Gasteiger partial charge in [0.1, 0.15) is 5.82 Å². The molecule has 2 rings (SSSR count). The standard InChI is InChI=1S/C12H11F3N4O/c1-7-17-4-5-19(7)10-3-2-8(18-11(16)20)6-9(10)12(13,14)15/h2-6H,1H3,(H3,16,18,20). The number of imidazole rings is 1. The van der Waals surface area contributed by atoms with Gasteiger partial charge in [-0.05, 0) is 25.1 Å². The quantitative estimate of drug-likeness (QED) is 0.889. The number of aryl methyl sites for hydroxylation is 1. The van der Waals surface area contributed by atoms with Crippen molar-refractivity contribution in [1.82, 2.24) is 9.55 Å². The van der Waals surface area contributed by atoms with Crippen molar-refractivity contribution in [1.29, 1.82) is 0 Å². The minimum Gasteiger partial charge on any atom is -0.351 e. The van der Waals surface area contributed by atoms with Crippen molar-refractivity contribution in [2.24, 2.45) is 5.73 Å². The van der Waals surface area contributed by atoms with Gasteiger partial charge in [0, 0.05) is 18.1 Å². The molecule has 2 amide bonds. The lowest BCUT2D eigenvalue weighted by Crippen LogP contribution is -2.20. The van der Waals surface area contributed by atoms with E-state index in [1.807, 2.05) is 0 Å². The Hall–Kier alpha value is -2.51. The SMILES string of the molecule is Cc1nccn1-c1ccc(NC(N)=O)cc1C(F)(F)F. The van der Waals surface area contributed by atoms with Crippen LogP contribution in [-0.2, 0) is 6.18 Å². The number of aromatic nitrogens is 2. The van der Waals surface area contributed by atoms with E-state index >= 15 is 0 Å². The lowest BCUT2D eigenvalue weighted by atomic mass is 10.1. The molecule has 5 nitrogen and oxygen atoms in total. The molecule has 0 saturated heterocycles. The van der Waals surface area contributed by atoms with Crippen LogP contribution in [0.2, 0.25) is 0 Å². The molecule has 2 aromatic rings. The Balaban J connectivity index is 2.58. The molecule has 0 aliphatic heterocycles. The third kappa shape index (κ3) is 2.73. The number of carbonyl (C=O) groups excluding carboxylic acids is 1. The van der Waals surface area contributed by atoms with Gasteiger partial charge in [-0.3, -0.25) is 0 Å². The molecule has 0 atom stereocenters. The van der Waals surface area contributed by atoms with Crippen LogP contribution in [0.3, 0.4) is 0 Å². The van der Waals surface area contributed by atoms with Crippen molar-refractivity contribution in [3.63, 3.8) is 0 Å². The number of anilines is 1. The van der Waals surface area contributed by atoms with Crippen LogP contribution < -0.4 is 11.1 Å². The first-order valence-corrected chi connectivity index (χ1v) is 5.57. The second kappa shape index (κ2) is 4.87. The average Bonchev–Trinajstić information content (AvgIpc) is 2.73. The number of nitrogens with one attached hydrogen (secondary N) is 1. The molecule has 1 aromatic heterocycles. The fraction of sp³-hybridized carbons (Fsp3) is 0.167. The maximum absolute atomic E-state index is 13.1. The Kier molecular flexibility index (Phi) is 3.39. The van der Waals surface area contributed by atoms with E-state index in [2.05, 4.69) is 10.3 Å². The van der Waals surface area contributed by atoms with Gasteiger partial charge in [-0.1, -0.05) is 0 Å². The molecular weight excluding hydrogens is 273 g/mol. The van der Waals surface area contributed by atoms with Gasteiger partial charge >= 0.3 is 12.2 Å². The monoisotopic (exact) mass is 284 g/mol. The van der Waals surface area contributed by atoms with Crippen molar-refractivity contribution in [3.05, 3.63) is 42.0 Å². The van der Waals surface area contributed by atoms with Crippen molar-refractivity contribution < 1.29 is 18.0 Å². The molecule has 106 valence electrons. The largest absolute Gasteiger partial charge is 0.418 e.